The molecule has 6 nitrogen and oxygen atoms in total. The molecule has 1 fully saturated rings. The number of halogens is 2. The Morgan fingerprint density at radius 3 is 2.61 bits per heavy atom. The van der Waals surface area contributed by atoms with Crippen LogP contribution in [0.1, 0.15) is 0 Å². The minimum atomic E-state index is -1.25. The van der Waals surface area contributed by atoms with Gasteiger partial charge in [-0.25, -0.2) is 13.8 Å². The smallest absolute Gasteiger partial charge is 0.296 e. The molecule has 0 aromatic heterocycles. The average Bonchev–Trinajstić information content (AvgIpc) is 2.36. The Morgan fingerprint density at radius 2 is 2.00 bits per heavy atom. The molecule has 0 spiro atoms. The molecule has 0 amide bonds. The maximum absolute atomic E-state index is 13.6. The van der Waals surface area contributed by atoms with Crippen LogP contribution in [0.5, 0.6) is 0 Å². The van der Waals surface area contributed by atoms with E-state index >= 15 is 0 Å². The van der Waals surface area contributed by atoms with Crippen molar-refractivity contribution in [3.63, 3.8) is 0 Å². The van der Waals surface area contributed by atoms with Gasteiger partial charge < -0.3 is 10.2 Å². The molecule has 0 atom stereocenters. The molecule has 1 N–H and O–H groups in total. The second kappa shape index (κ2) is 5.23. The fourth-order valence-corrected chi connectivity index (χ4v) is 1.63. The van der Waals surface area contributed by atoms with Crippen LogP contribution in [0.15, 0.2) is 12.1 Å². The number of nitro benzene ring substituents is 1. The standard InChI is InChI=1S/C10H11F2N3O3/c11-7-1-2-8(15(16)17)10(9(7)12)13-14-3-5-18-6-4-14/h1-2,13H,3-6H2. The van der Waals surface area contributed by atoms with Gasteiger partial charge in [0.1, 0.15) is 0 Å². The van der Waals surface area contributed by atoms with Crippen LogP contribution in [-0.4, -0.2) is 36.2 Å². The van der Waals surface area contributed by atoms with Crippen molar-refractivity contribution in [3.05, 3.63) is 33.9 Å². The first kappa shape index (κ1) is 12.7. The van der Waals surface area contributed by atoms with E-state index < -0.39 is 27.9 Å². The van der Waals surface area contributed by atoms with E-state index in [1.54, 1.807) is 5.01 Å². The zero-order valence-corrected chi connectivity index (χ0v) is 9.36. The maximum Gasteiger partial charge on any atom is 0.296 e. The fraction of sp³-hybridized carbons (Fsp3) is 0.400. The molecular formula is C10H11F2N3O3. The first-order chi connectivity index (χ1) is 8.59. The van der Waals surface area contributed by atoms with Gasteiger partial charge in [0, 0.05) is 19.2 Å². The molecule has 1 aromatic rings. The van der Waals surface area contributed by atoms with E-state index in [0.29, 0.717) is 26.3 Å². The monoisotopic (exact) mass is 259 g/mol. The predicted molar refractivity (Wildman–Crippen MR) is 59.0 cm³/mol. The summed E-state index contributed by atoms with van der Waals surface area (Å²) in [5.41, 5.74) is 1.58. The Balaban J connectivity index is 2.29. The maximum atomic E-state index is 13.6. The van der Waals surface area contributed by atoms with E-state index in [-0.39, 0.29) is 0 Å². The molecule has 8 heteroatoms. The van der Waals surface area contributed by atoms with Crippen LogP contribution >= 0.6 is 0 Å². The summed E-state index contributed by atoms with van der Waals surface area (Å²) >= 11 is 0. The van der Waals surface area contributed by atoms with Crippen molar-refractivity contribution in [2.75, 3.05) is 31.7 Å². The van der Waals surface area contributed by atoms with Gasteiger partial charge in [-0.15, -0.1) is 0 Å². The first-order valence-corrected chi connectivity index (χ1v) is 5.31. The minimum absolute atomic E-state index is 0.428. The number of morpholine rings is 1. The molecule has 1 saturated heterocycles. The highest BCUT2D eigenvalue weighted by atomic mass is 19.2. The summed E-state index contributed by atoms with van der Waals surface area (Å²) in [6, 6.07) is 1.67. The summed E-state index contributed by atoms with van der Waals surface area (Å²) < 4.78 is 31.8. The van der Waals surface area contributed by atoms with Crippen molar-refractivity contribution >= 4 is 11.4 Å². The van der Waals surface area contributed by atoms with Gasteiger partial charge in [0.25, 0.3) is 5.69 Å². The third kappa shape index (κ3) is 2.54. The summed E-state index contributed by atoms with van der Waals surface area (Å²) in [6.07, 6.45) is 0. The van der Waals surface area contributed by atoms with Crippen LogP contribution < -0.4 is 5.43 Å². The van der Waals surface area contributed by atoms with E-state index in [1.807, 2.05) is 0 Å². The molecule has 1 heterocycles. The number of hydrogen-bond acceptors (Lipinski definition) is 5. The van der Waals surface area contributed by atoms with E-state index in [1.165, 1.54) is 0 Å². The molecule has 0 aliphatic carbocycles. The number of hydrazine groups is 1. The second-order valence-electron chi connectivity index (χ2n) is 3.72. The van der Waals surface area contributed by atoms with Gasteiger partial charge in [0.05, 0.1) is 18.1 Å². The molecule has 98 valence electrons. The van der Waals surface area contributed by atoms with Gasteiger partial charge in [-0.05, 0) is 6.07 Å². The Morgan fingerprint density at radius 1 is 1.33 bits per heavy atom. The van der Waals surface area contributed by atoms with Crippen molar-refractivity contribution in [1.29, 1.82) is 0 Å². The first-order valence-electron chi connectivity index (χ1n) is 5.31. The molecular weight excluding hydrogens is 248 g/mol. The molecule has 0 unspecified atom stereocenters. The summed E-state index contributed by atoms with van der Waals surface area (Å²) in [7, 11) is 0. The van der Waals surface area contributed by atoms with Crippen LogP contribution in [0, 0.1) is 21.7 Å². The van der Waals surface area contributed by atoms with Crippen LogP contribution in [0.4, 0.5) is 20.2 Å². The van der Waals surface area contributed by atoms with Gasteiger partial charge in [-0.1, -0.05) is 0 Å². The normalized spacial score (nSPS) is 16.6. The molecule has 2 rings (SSSR count). The van der Waals surface area contributed by atoms with Gasteiger partial charge >= 0.3 is 0 Å². The lowest BCUT2D eigenvalue weighted by Crippen LogP contribution is -2.40. The molecule has 0 bridgehead atoms. The van der Waals surface area contributed by atoms with Crippen molar-refractivity contribution in [1.82, 2.24) is 5.01 Å². The number of nitrogens with one attached hydrogen (secondary N) is 1. The van der Waals surface area contributed by atoms with E-state index in [4.69, 9.17) is 4.74 Å². The average molecular weight is 259 g/mol. The zero-order valence-electron chi connectivity index (χ0n) is 9.36. The van der Waals surface area contributed by atoms with E-state index in [9.17, 15) is 18.9 Å². The summed E-state index contributed by atoms with van der Waals surface area (Å²) in [4.78, 5) is 10.0. The molecule has 1 aliphatic rings. The number of nitro groups is 1. The van der Waals surface area contributed by atoms with Gasteiger partial charge in [-0.3, -0.25) is 10.1 Å². The van der Waals surface area contributed by atoms with E-state index in [2.05, 4.69) is 5.43 Å². The highest BCUT2D eigenvalue weighted by molar-refractivity contribution is 5.62. The molecule has 0 saturated carbocycles. The Labute approximate surface area is 101 Å². The lowest BCUT2D eigenvalue weighted by molar-refractivity contribution is -0.384. The van der Waals surface area contributed by atoms with Crippen LogP contribution in [0.2, 0.25) is 0 Å². The number of rotatable bonds is 3. The van der Waals surface area contributed by atoms with Crippen LogP contribution in [0.25, 0.3) is 0 Å². The number of benzene rings is 1. The van der Waals surface area contributed by atoms with Crippen molar-refractivity contribution in [2.24, 2.45) is 0 Å². The molecule has 0 radical (unpaired) electrons. The largest absolute Gasteiger partial charge is 0.379 e. The minimum Gasteiger partial charge on any atom is -0.379 e. The highest BCUT2D eigenvalue weighted by Gasteiger charge is 2.24. The zero-order chi connectivity index (χ0) is 13.1. The molecule has 1 aromatic carbocycles. The topological polar surface area (TPSA) is 67.6 Å². The van der Waals surface area contributed by atoms with Crippen molar-refractivity contribution in [3.8, 4) is 0 Å². The number of hydrogen-bond donors (Lipinski definition) is 1. The van der Waals surface area contributed by atoms with Gasteiger partial charge in [0.15, 0.2) is 17.3 Å². The van der Waals surface area contributed by atoms with Crippen molar-refractivity contribution < 1.29 is 18.4 Å². The van der Waals surface area contributed by atoms with Gasteiger partial charge in [0.2, 0.25) is 0 Å². The van der Waals surface area contributed by atoms with Crippen molar-refractivity contribution in [2.45, 2.75) is 0 Å². The SMILES string of the molecule is O=[N+]([O-])c1ccc(F)c(F)c1NN1CCOCC1. The third-order valence-corrected chi connectivity index (χ3v) is 2.55. The summed E-state index contributed by atoms with van der Waals surface area (Å²) in [5.74, 6) is -2.38. The van der Waals surface area contributed by atoms with Crippen LogP contribution in [0.3, 0.4) is 0 Å². The Hall–Kier alpha value is -1.80. The Kier molecular flexibility index (Phi) is 3.68. The lowest BCUT2D eigenvalue weighted by atomic mass is 10.2. The number of ether oxygens (including phenoxy) is 1. The van der Waals surface area contributed by atoms with Crippen LogP contribution in [-0.2, 0) is 4.74 Å². The third-order valence-electron chi connectivity index (χ3n) is 2.55. The molecule has 18 heavy (non-hydrogen) atoms. The summed E-state index contributed by atoms with van der Waals surface area (Å²) in [6.45, 7) is 1.73. The highest BCUT2D eigenvalue weighted by Crippen LogP contribution is 2.29. The summed E-state index contributed by atoms with van der Waals surface area (Å²) in [5, 5.41) is 12.3. The fourth-order valence-electron chi connectivity index (χ4n) is 1.63. The number of nitrogens with zero attached hydrogens (tertiary/aromatic N) is 2. The predicted octanol–water partition coefficient (Wildman–Crippen LogP) is 1.53. The molecule has 1 aliphatic heterocycles. The van der Waals surface area contributed by atoms with Gasteiger partial charge in [-0.2, -0.15) is 0 Å². The second-order valence-corrected chi connectivity index (χ2v) is 3.72. The Bertz CT molecular complexity index is 464. The lowest BCUT2D eigenvalue weighted by Gasteiger charge is -2.27. The number of anilines is 1. The quantitative estimate of drug-likeness (QED) is 0.658. The van der Waals surface area contributed by atoms with E-state index in [0.717, 1.165) is 12.1 Å².